The van der Waals surface area contributed by atoms with Crippen molar-refractivity contribution in [3.8, 4) is 0 Å². The first-order valence-electron chi connectivity index (χ1n) is 11.6. The molecule has 0 amide bonds. The predicted octanol–water partition coefficient (Wildman–Crippen LogP) is 6.01. The molecule has 29 heavy (non-hydrogen) atoms. The number of esters is 1. The zero-order valence-corrected chi connectivity index (χ0v) is 20.2. The van der Waals surface area contributed by atoms with Gasteiger partial charge in [0, 0.05) is 6.42 Å². The van der Waals surface area contributed by atoms with E-state index in [2.05, 4.69) is 6.92 Å². The van der Waals surface area contributed by atoms with Crippen molar-refractivity contribution in [3.05, 3.63) is 0 Å². The Morgan fingerprint density at radius 1 is 0.966 bits per heavy atom. The van der Waals surface area contributed by atoms with Crippen LogP contribution in [0.4, 0.5) is 0 Å². The summed E-state index contributed by atoms with van der Waals surface area (Å²) < 4.78 is 33.8. The lowest BCUT2D eigenvalue weighted by Crippen LogP contribution is -2.24. The highest BCUT2D eigenvalue weighted by atomic mass is 32.2. The number of hydrogen-bond acceptors (Lipinski definition) is 5. The lowest BCUT2D eigenvalue weighted by Gasteiger charge is -2.19. The molecular formula is C23H44O5S. The standard InChI is InChI=1S/C23H44O5S/c1-6-7-8-9-10-11-15-21(28-29(5,25)26)16-13-12-14-19-17-20(19)18-22(24)27-23(2,3)4/h19-21H,6-18H2,1-5H3/t19-,20+,21?/m1/s1. The van der Waals surface area contributed by atoms with E-state index < -0.39 is 15.7 Å². The molecule has 5 nitrogen and oxygen atoms in total. The molecule has 1 fully saturated rings. The van der Waals surface area contributed by atoms with Gasteiger partial charge in [-0.2, -0.15) is 8.42 Å². The molecule has 1 unspecified atom stereocenters. The van der Waals surface area contributed by atoms with Crippen molar-refractivity contribution >= 4 is 16.1 Å². The van der Waals surface area contributed by atoms with Crippen LogP contribution in [0.1, 0.15) is 111 Å². The quantitative estimate of drug-likeness (QED) is 0.170. The van der Waals surface area contributed by atoms with Crippen LogP contribution in [0.2, 0.25) is 0 Å². The fraction of sp³-hybridized carbons (Fsp3) is 0.957. The third-order valence-corrected chi connectivity index (χ3v) is 6.08. The molecule has 6 heteroatoms. The molecule has 0 heterocycles. The van der Waals surface area contributed by atoms with E-state index in [0.717, 1.165) is 57.6 Å². The second kappa shape index (κ2) is 12.9. The summed E-state index contributed by atoms with van der Waals surface area (Å²) in [6.45, 7) is 7.90. The van der Waals surface area contributed by atoms with Gasteiger partial charge >= 0.3 is 5.97 Å². The summed E-state index contributed by atoms with van der Waals surface area (Å²) in [6.07, 6.45) is 14.5. The summed E-state index contributed by atoms with van der Waals surface area (Å²) in [6, 6.07) is 0. The zero-order chi connectivity index (χ0) is 21.9. The smallest absolute Gasteiger partial charge is 0.306 e. The highest BCUT2D eigenvalue weighted by Gasteiger charge is 2.38. The SMILES string of the molecule is CCCCCCCCC(CCCC[C@@H]1C[C@H]1CC(=O)OC(C)(C)C)OS(C)(=O)=O. The monoisotopic (exact) mass is 432 g/mol. The third kappa shape index (κ3) is 14.9. The summed E-state index contributed by atoms with van der Waals surface area (Å²) in [4.78, 5) is 11.9. The lowest BCUT2D eigenvalue weighted by atomic mass is 10.0. The van der Waals surface area contributed by atoms with Crippen molar-refractivity contribution in [3.63, 3.8) is 0 Å². The van der Waals surface area contributed by atoms with Crippen LogP contribution in [0.15, 0.2) is 0 Å². The number of hydrogen-bond donors (Lipinski definition) is 0. The molecule has 1 aliphatic rings. The minimum Gasteiger partial charge on any atom is -0.460 e. The van der Waals surface area contributed by atoms with Crippen LogP contribution in [0.3, 0.4) is 0 Å². The van der Waals surface area contributed by atoms with E-state index >= 15 is 0 Å². The summed E-state index contributed by atoms with van der Waals surface area (Å²) in [5.41, 5.74) is -0.411. The van der Waals surface area contributed by atoms with Crippen molar-refractivity contribution in [2.24, 2.45) is 11.8 Å². The van der Waals surface area contributed by atoms with E-state index in [0.29, 0.717) is 18.3 Å². The van der Waals surface area contributed by atoms with Crippen LogP contribution >= 0.6 is 0 Å². The summed E-state index contributed by atoms with van der Waals surface area (Å²) >= 11 is 0. The maximum atomic E-state index is 11.9. The molecule has 0 radical (unpaired) electrons. The average molecular weight is 433 g/mol. The van der Waals surface area contributed by atoms with E-state index in [4.69, 9.17) is 8.92 Å². The number of unbranched alkanes of at least 4 members (excludes halogenated alkanes) is 6. The minimum absolute atomic E-state index is 0.0921. The van der Waals surface area contributed by atoms with Crippen LogP contribution in [0.25, 0.3) is 0 Å². The summed E-state index contributed by atoms with van der Waals surface area (Å²) in [5.74, 6) is 0.997. The van der Waals surface area contributed by atoms with E-state index in [1.165, 1.54) is 25.7 Å². The second-order valence-corrected chi connectivity index (χ2v) is 11.4. The fourth-order valence-corrected chi connectivity index (χ4v) is 4.62. The van der Waals surface area contributed by atoms with Crippen molar-refractivity contribution < 1.29 is 22.1 Å². The molecule has 0 spiro atoms. The predicted molar refractivity (Wildman–Crippen MR) is 118 cm³/mol. The summed E-state index contributed by atoms with van der Waals surface area (Å²) in [7, 11) is -3.40. The minimum atomic E-state index is -3.40. The molecule has 172 valence electrons. The van der Waals surface area contributed by atoms with Crippen molar-refractivity contribution in [1.29, 1.82) is 0 Å². The Hall–Kier alpha value is -0.620. The molecule has 0 aromatic heterocycles. The van der Waals surface area contributed by atoms with Crippen molar-refractivity contribution in [2.75, 3.05) is 6.26 Å². The van der Waals surface area contributed by atoms with Gasteiger partial charge in [-0.3, -0.25) is 8.98 Å². The number of carbonyl (C=O) groups is 1. The van der Waals surface area contributed by atoms with E-state index in [-0.39, 0.29) is 12.1 Å². The highest BCUT2D eigenvalue weighted by molar-refractivity contribution is 7.86. The van der Waals surface area contributed by atoms with Gasteiger partial charge in [-0.25, -0.2) is 0 Å². The molecule has 3 atom stereocenters. The third-order valence-electron chi connectivity index (χ3n) is 5.46. The van der Waals surface area contributed by atoms with Gasteiger partial charge < -0.3 is 4.74 Å². The Kier molecular flexibility index (Phi) is 11.8. The Morgan fingerprint density at radius 2 is 1.55 bits per heavy atom. The average Bonchev–Trinajstić information content (AvgIpc) is 3.28. The first-order chi connectivity index (χ1) is 13.5. The van der Waals surface area contributed by atoms with Crippen LogP contribution in [-0.4, -0.2) is 32.3 Å². The highest BCUT2D eigenvalue weighted by Crippen LogP contribution is 2.45. The van der Waals surface area contributed by atoms with Gasteiger partial charge in [0.2, 0.25) is 0 Å². The number of ether oxygens (including phenoxy) is 1. The van der Waals surface area contributed by atoms with Gasteiger partial charge in [-0.05, 0) is 51.9 Å². The molecule has 1 aliphatic carbocycles. The van der Waals surface area contributed by atoms with Gasteiger partial charge in [0.25, 0.3) is 10.1 Å². The lowest BCUT2D eigenvalue weighted by molar-refractivity contribution is -0.155. The maximum absolute atomic E-state index is 11.9. The second-order valence-electron chi connectivity index (χ2n) is 9.81. The number of rotatable bonds is 16. The molecule has 1 saturated carbocycles. The van der Waals surface area contributed by atoms with Crippen LogP contribution < -0.4 is 0 Å². The van der Waals surface area contributed by atoms with Gasteiger partial charge in [0.15, 0.2) is 0 Å². The summed E-state index contributed by atoms with van der Waals surface area (Å²) in [5, 5.41) is 0. The Bertz CT molecular complexity index is 564. The first kappa shape index (κ1) is 26.4. The molecule has 1 rings (SSSR count). The molecule has 0 aliphatic heterocycles. The molecule has 0 aromatic rings. The first-order valence-corrected chi connectivity index (χ1v) is 13.4. The van der Waals surface area contributed by atoms with Crippen LogP contribution in [-0.2, 0) is 23.8 Å². The fourth-order valence-electron chi connectivity index (χ4n) is 3.93. The van der Waals surface area contributed by atoms with E-state index in [9.17, 15) is 13.2 Å². The van der Waals surface area contributed by atoms with Crippen molar-refractivity contribution in [2.45, 2.75) is 123 Å². The van der Waals surface area contributed by atoms with Crippen LogP contribution in [0.5, 0.6) is 0 Å². The Morgan fingerprint density at radius 3 is 2.14 bits per heavy atom. The van der Waals surface area contributed by atoms with Gasteiger partial charge in [-0.1, -0.05) is 64.7 Å². The molecule has 0 aromatic carbocycles. The Labute approximate surface area is 179 Å². The number of carbonyl (C=O) groups excluding carboxylic acids is 1. The maximum Gasteiger partial charge on any atom is 0.306 e. The molecule has 0 saturated heterocycles. The van der Waals surface area contributed by atoms with Gasteiger partial charge in [-0.15, -0.1) is 0 Å². The normalized spacial score (nSPS) is 20.4. The zero-order valence-electron chi connectivity index (χ0n) is 19.4. The van der Waals surface area contributed by atoms with E-state index in [1.54, 1.807) is 0 Å². The largest absolute Gasteiger partial charge is 0.460 e. The van der Waals surface area contributed by atoms with Crippen molar-refractivity contribution in [1.82, 2.24) is 0 Å². The molecule has 0 bridgehead atoms. The van der Waals surface area contributed by atoms with E-state index in [1.807, 2.05) is 20.8 Å². The molecular weight excluding hydrogens is 388 g/mol. The Balaban J connectivity index is 2.20. The molecule has 0 N–H and O–H groups in total. The topological polar surface area (TPSA) is 69.7 Å². The van der Waals surface area contributed by atoms with Crippen LogP contribution in [0, 0.1) is 11.8 Å². The van der Waals surface area contributed by atoms with Gasteiger partial charge in [0.05, 0.1) is 12.4 Å². The van der Waals surface area contributed by atoms with Gasteiger partial charge in [0.1, 0.15) is 5.60 Å².